The van der Waals surface area contributed by atoms with Crippen molar-refractivity contribution in [3.05, 3.63) is 60.9 Å². The molecule has 1 saturated carbocycles. The molecule has 5 N–H and O–H groups in total. The van der Waals surface area contributed by atoms with E-state index in [9.17, 15) is 13.5 Å². The summed E-state index contributed by atoms with van der Waals surface area (Å²) in [5, 5.41) is 18.5. The second-order valence-electron chi connectivity index (χ2n) is 8.37. The van der Waals surface area contributed by atoms with Crippen molar-refractivity contribution >= 4 is 27.3 Å². The molecule has 0 saturated heterocycles. The number of hydrogen-bond acceptors (Lipinski definition) is 8. The maximum absolute atomic E-state index is 11.1. The number of hydrogen-bond donors (Lipinski definition) is 4. The minimum absolute atomic E-state index is 0.135. The zero-order valence-corrected chi connectivity index (χ0v) is 18.9. The third-order valence-electron chi connectivity index (χ3n) is 5.97. The fraction of sp³-hybridized carbons (Fsp3) is 0.261. The van der Waals surface area contributed by atoms with Crippen molar-refractivity contribution in [3.63, 3.8) is 0 Å². The topological polar surface area (TPSA) is 156 Å². The van der Waals surface area contributed by atoms with E-state index in [0.717, 1.165) is 16.7 Å². The van der Waals surface area contributed by atoms with Crippen LogP contribution in [0.4, 0.5) is 5.82 Å². The van der Waals surface area contributed by atoms with Crippen molar-refractivity contribution < 1.29 is 17.7 Å². The molecule has 0 bridgehead atoms. The van der Waals surface area contributed by atoms with Crippen molar-refractivity contribution in [1.82, 2.24) is 19.9 Å². The Morgan fingerprint density at radius 3 is 2.62 bits per heavy atom. The Labute approximate surface area is 196 Å². The molecule has 2 heterocycles. The number of imidazole rings is 1. The van der Waals surface area contributed by atoms with Crippen LogP contribution >= 0.6 is 0 Å². The van der Waals surface area contributed by atoms with Gasteiger partial charge in [-0.1, -0.05) is 48.5 Å². The number of nitrogens with zero attached hydrogens (tertiary/aromatic N) is 3. The summed E-state index contributed by atoms with van der Waals surface area (Å²) in [4.78, 5) is 16.7. The third kappa shape index (κ3) is 4.92. The van der Waals surface area contributed by atoms with Crippen molar-refractivity contribution in [2.45, 2.75) is 25.0 Å². The molecule has 0 unspecified atom stereocenters. The van der Waals surface area contributed by atoms with Crippen LogP contribution in [0.2, 0.25) is 0 Å². The normalized spacial score (nSPS) is 20.6. The highest BCUT2D eigenvalue weighted by Gasteiger charge is 2.34. The van der Waals surface area contributed by atoms with Crippen LogP contribution in [0, 0.1) is 5.92 Å². The van der Waals surface area contributed by atoms with Gasteiger partial charge in [0.25, 0.3) is 0 Å². The number of aliphatic hydroxyl groups excluding tert-OH is 1. The molecular formula is C23H24N6O4S. The van der Waals surface area contributed by atoms with Crippen molar-refractivity contribution in [2.24, 2.45) is 11.1 Å². The molecule has 0 spiro atoms. The maximum Gasteiger partial charge on any atom is 0.333 e. The lowest BCUT2D eigenvalue weighted by atomic mass is 10.0. The fourth-order valence-corrected chi connectivity index (χ4v) is 4.69. The first-order valence-electron chi connectivity index (χ1n) is 10.8. The van der Waals surface area contributed by atoms with Gasteiger partial charge in [0.15, 0.2) is 17.0 Å². The predicted molar refractivity (Wildman–Crippen MR) is 128 cm³/mol. The summed E-state index contributed by atoms with van der Waals surface area (Å²) in [7, 11) is -4.05. The number of fused-ring (bicyclic) bond motifs is 1. The van der Waals surface area contributed by atoms with Gasteiger partial charge in [-0.15, -0.1) is 0 Å². The lowest BCUT2D eigenvalue weighted by Crippen LogP contribution is -2.24. The van der Waals surface area contributed by atoms with E-state index in [4.69, 9.17) is 10.1 Å². The number of H-pyrrole nitrogens is 1. The summed E-state index contributed by atoms with van der Waals surface area (Å²) < 4.78 is 26.8. The second kappa shape index (κ2) is 9.11. The Balaban J connectivity index is 1.37. The van der Waals surface area contributed by atoms with Crippen LogP contribution in [-0.2, 0) is 14.5 Å². The third-order valence-corrected chi connectivity index (χ3v) is 6.44. The Morgan fingerprint density at radius 1 is 1.06 bits per heavy atom. The summed E-state index contributed by atoms with van der Waals surface area (Å²) in [5.41, 5.74) is 4.28. The summed E-state index contributed by atoms with van der Waals surface area (Å²) in [6.07, 6.45) is 1.64. The van der Waals surface area contributed by atoms with Crippen molar-refractivity contribution in [3.8, 4) is 22.5 Å². The molecule has 11 heteroatoms. The standard InChI is InChI=1S/C23H24N6O4S/c24-34(31,32)33-12-17-10-18(11-19(17)30)27-22-20-23(26-13-25-22)29-21(28-20)16-8-4-7-15(9-16)14-5-2-1-3-6-14/h1-9,13,17-19,30H,10-12H2,(H2,24,31,32)(H2,25,26,27,28,29)/t17-,18+,19-/m0/s1. The molecule has 1 aliphatic carbocycles. The van der Waals surface area contributed by atoms with E-state index in [-0.39, 0.29) is 18.6 Å². The van der Waals surface area contributed by atoms with Crippen LogP contribution in [0.3, 0.4) is 0 Å². The van der Waals surface area contributed by atoms with Crippen LogP contribution in [0.5, 0.6) is 0 Å². The van der Waals surface area contributed by atoms with E-state index in [1.165, 1.54) is 6.33 Å². The summed E-state index contributed by atoms with van der Waals surface area (Å²) in [6, 6.07) is 18.1. The molecule has 2 aromatic heterocycles. The van der Waals surface area contributed by atoms with Gasteiger partial charge in [0.1, 0.15) is 12.2 Å². The zero-order valence-electron chi connectivity index (χ0n) is 18.1. The number of aromatic amines is 1. The van der Waals surface area contributed by atoms with Crippen LogP contribution in [-0.4, -0.2) is 52.2 Å². The number of nitrogens with one attached hydrogen (secondary N) is 2. The number of aliphatic hydroxyl groups is 1. The van der Waals surface area contributed by atoms with E-state index in [2.05, 4.69) is 48.7 Å². The minimum atomic E-state index is -4.05. The molecule has 0 amide bonds. The highest BCUT2D eigenvalue weighted by molar-refractivity contribution is 7.84. The van der Waals surface area contributed by atoms with Crippen LogP contribution in [0.25, 0.3) is 33.7 Å². The average molecular weight is 481 g/mol. The first-order valence-corrected chi connectivity index (χ1v) is 12.3. The molecule has 3 atom stereocenters. The minimum Gasteiger partial charge on any atom is -0.393 e. The lowest BCUT2D eigenvalue weighted by Gasteiger charge is -2.13. The van der Waals surface area contributed by atoms with Gasteiger partial charge in [0, 0.05) is 17.5 Å². The van der Waals surface area contributed by atoms with E-state index >= 15 is 0 Å². The Bertz CT molecular complexity index is 1410. The maximum atomic E-state index is 11.1. The largest absolute Gasteiger partial charge is 0.393 e. The number of rotatable bonds is 7. The number of nitrogens with two attached hydrogens (primary N) is 1. The summed E-state index contributed by atoms with van der Waals surface area (Å²) in [6.45, 7) is -0.165. The molecule has 10 nitrogen and oxygen atoms in total. The first-order chi connectivity index (χ1) is 16.4. The summed E-state index contributed by atoms with van der Waals surface area (Å²) >= 11 is 0. The van der Waals surface area contributed by atoms with E-state index in [1.807, 2.05) is 30.3 Å². The number of aromatic nitrogens is 4. The molecule has 34 heavy (non-hydrogen) atoms. The van der Waals surface area contributed by atoms with Crippen molar-refractivity contribution in [1.29, 1.82) is 0 Å². The fourth-order valence-electron chi connectivity index (χ4n) is 4.32. The predicted octanol–water partition coefficient (Wildman–Crippen LogP) is 2.46. The van der Waals surface area contributed by atoms with Crippen molar-refractivity contribution in [2.75, 3.05) is 11.9 Å². The van der Waals surface area contributed by atoms with Gasteiger partial charge in [-0.3, -0.25) is 4.18 Å². The lowest BCUT2D eigenvalue weighted by molar-refractivity contribution is 0.101. The van der Waals surface area contributed by atoms with Gasteiger partial charge in [-0.2, -0.15) is 8.42 Å². The number of benzene rings is 2. The van der Waals surface area contributed by atoms with E-state index in [1.54, 1.807) is 0 Å². The van der Waals surface area contributed by atoms with Crippen LogP contribution in [0.15, 0.2) is 60.9 Å². The monoisotopic (exact) mass is 480 g/mol. The molecule has 5 rings (SSSR count). The summed E-state index contributed by atoms with van der Waals surface area (Å²) in [5.74, 6) is 0.850. The van der Waals surface area contributed by atoms with E-state index in [0.29, 0.717) is 35.6 Å². The molecule has 1 fully saturated rings. The van der Waals surface area contributed by atoms with Gasteiger partial charge in [0.05, 0.1) is 12.7 Å². The van der Waals surface area contributed by atoms with Gasteiger partial charge in [-0.05, 0) is 30.0 Å². The molecule has 0 aliphatic heterocycles. The SMILES string of the molecule is NS(=O)(=O)OC[C@@H]1C[C@@H](Nc2ncnc3[nH]c(-c4cccc(-c5ccccc5)c4)nc23)C[C@@H]1O. The zero-order chi connectivity index (χ0) is 23.7. The second-order valence-corrected chi connectivity index (χ2v) is 9.59. The van der Waals surface area contributed by atoms with Crippen LogP contribution in [0.1, 0.15) is 12.8 Å². The smallest absolute Gasteiger partial charge is 0.333 e. The Morgan fingerprint density at radius 2 is 1.82 bits per heavy atom. The molecule has 0 radical (unpaired) electrons. The quantitative estimate of drug-likeness (QED) is 0.314. The highest BCUT2D eigenvalue weighted by atomic mass is 32.2. The highest BCUT2D eigenvalue weighted by Crippen LogP contribution is 2.31. The van der Waals surface area contributed by atoms with Crippen LogP contribution < -0.4 is 10.5 Å². The number of anilines is 1. The molecule has 176 valence electrons. The Hall–Kier alpha value is -3.38. The Kier molecular flexibility index (Phi) is 6.00. The molecule has 2 aromatic carbocycles. The van der Waals surface area contributed by atoms with Gasteiger partial charge in [0.2, 0.25) is 0 Å². The molecule has 4 aromatic rings. The van der Waals surface area contributed by atoms with E-state index < -0.39 is 16.4 Å². The molecule has 1 aliphatic rings. The van der Waals surface area contributed by atoms with Gasteiger partial charge < -0.3 is 15.4 Å². The van der Waals surface area contributed by atoms with Gasteiger partial charge >= 0.3 is 10.3 Å². The molecular weight excluding hydrogens is 456 g/mol. The van der Waals surface area contributed by atoms with Gasteiger partial charge in [-0.25, -0.2) is 20.1 Å². The first kappa shape index (κ1) is 22.4. The average Bonchev–Trinajstić information content (AvgIpc) is 3.42.